The van der Waals surface area contributed by atoms with Crippen LogP contribution in [0.1, 0.15) is 38.5 Å². The molecule has 5 nitrogen and oxygen atoms in total. The van der Waals surface area contributed by atoms with Gasteiger partial charge in [0.15, 0.2) is 17.4 Å². The molecule has 0 unspecified atom stereocenters. The van der Waals surface area contributed by atoms with Crippen LogP contribution in [-0.4, -0.2) is 16.8 Å². The molecule has 2 aromatic carbocycles. The number of phenolic OH excluding ortho intramolecular Hbond substituents is 2. The van der Waals surface area contributed by atoms with E-state index in [1.54, 1.807) is 0 Å². The van der Waals surface area contributed by atoms with E-state index < -0.39 is 22.8 Å². The van der Waals surface area contributed by atoms with Crippen molar-refractivity contribution in [3.05, 3.63) is 52.2 Å². The fraction of sp³-hybridized carbons (Fsp3) is 0.348. The van der Waals surface area contributed by atoms with Gasteiger partial charge in [-0.2, -0.15) is 0 Å². The highest BCUT2D eigenvalue weighted by molar-refractivity contribution is 5.88. The minimum absolute atomic E-state index is 0.0833. The van der Waals surface area contributed by atoms with E-state index in [4.69, 9.17) is 9.15 Å². The van der Waals surface area contributed by atoms with Crippen molar-refractivity contribution >= 4 is 11.0 Å². The molecule has 0 aliphatic heterocycles. The minimum atomic E-state index is -1.10. The van der Waals surface area contributed by atoms with Gasteiger partial charge in [-0.15, -0.1) is 0 Å². The molecule has 30 heavy (non-hydrogen) atoms. The zero-order valence-corrected chi connectivity index (χ0v) is 16.3. The maximum absolute atomic E-state index is 13.8. The summed E-state index contributed by atoms with van der Waals surface area (Å²) in [6.45, 7) is 0.260. The van der Waals surface area contributed by atoms with Gasteiger partial charge in [0.2, 0.25) is 11.2 Å². The van der Waals surface area contributed by atoms with Crippen LogP contribution in [0.4, 0.5) is 8.78 Å². The highest BCUT2D eigenvalue weighted by Crippen LogP contribution is 2.36. The molecule has 1 heterocycles. The van der Waals surface area contributed by atoms with Crippen molar-refractivity contribution in [3.8, 4) is 28.6 Å². The minimum Gasteiger partial charge on any atom is -0.508 e. The SMILES string of the molecule is O=c1c(OCCC2CCCCC2)c(-c2ccc(F)c(F)c2)oc2cc(O)cc(O)c12. The summed E-state index contributed by atoms with van der Waals surface area (Å²) >= 11 is 0. The van der Waals surface area contributed by atoms with E-state index in [1.807, 2.05) is 0 Å². The number of halogens is 2. The largest absolute Gasteiger partial charge is 0.508 e. The van der Waals surface area contributed by atoms with Crippen LogP contribution >= 0.6 is 0 Å². The molecule has 3 aromatic rings. The number of phenols is 2. The van der Waals surface area contributed by atoms with Crippen molar-refractivity contribution < 1.29 is 28.1 Å². The van der Waals surface area contributed by atoms with E-state index in [0.717, 1.165) is 37.5 Å². The molecule has 1 saturated carbocycles. The van der Waals surface area contributed by atoms with Crippen molar-refractivity contribution in [2.45, 2.75) is 38.5 Å². The molecule has 158 valence electrons. The Morgan fingerprint density at radius 3 is 2.53 bits per heavy atom. The Hall–Kier alpha value is -3.09. The highest BCUT2D eigenvalue weighted by Gasteiger charge is 2.22. The Bertz CT molecular complexity index is 1130. The molecule has 7 heteroatoms. The highest BCUT2D eigenvalue weighted by atomic mass is 19.2. The molecular weight excluding hydrogens is 394 g/mol. The standard InChI is InChI=1S/C23H22F2O5/c24-16-7-6-14(10-17(16)25)22-23(29-9-8-13-4-2-1-3-5-13)21(28)20-18(27)11-15(26)12-19(20)30-22/h6-7,10-13,26-27H,1-5,8-9H2. The van der Waals surface area contributed by atoms with Crippen LogP contribution in [0.25, 0.3) is 22.3 Å². The molecule has 0 bridgehead atoms. The van der Waals surface area contributed by atoms with Gasteiger partial charge in [-0.05, 0) is 30.5 Å². The van der Waals surface area contributed by atoms with Crippen LogP contribution < -0.4 is 10.2 Å². The molecule has 2 N–H and O–H groups in total. The molecule has 0 saturated heterocycles. The Morgan fingerprint density at radius 2 is 1.80 bits per heavy atom. The lowest BCUT2D eigenvalue weighted by Crippen LogP contribution is -2.15. The summed E-state index contributed by atoms with van der Waals surface area (Å²) in [6, 6.07) is 5.32. The summed E-state index contributed by atoms with van der Waals surface area (Å²) in [6.07, 6.45) is 6.59. The number of hydrogen-bond donors (Lipinski definition) is 2. The van der Waals surface area contributed by atoms with Gasteiger partial charge < -0.3 is 19.4 Å². The first kappa shape index (κ1) is 20.2. The second-order valence-electron chi connectivity index (χ2n) is 7.70. The maximum atomic E-state index is 13.8. The van der Waals surface area contributed by atoms with Crippen molar-refractivity contribution in [1.29, 1.82) is 0 Å². The van der Waals surface area contributed by atoms with Crippen molar-refractivity contribution in [1.82, 2.24) is 0 Å². The molecular formula is C23H22F2O5. The molecule has 4 rings (SSSR count). The molecule has 1 aromatic heterocycles. The van der Waals surface area contributed by atoms with Gasteiger partial charge >= 0.3 is 0 Å². The third-order valence-electron chi connectivity index (χ3n) is 5.60. The number of hydrogen-bond acceptors (Lipinski definition) is 5. The Kier molecular flexibility index (Phi) is 5.61. The number of benzene rings is 2. The van der Waals surface area contributed by atoms with Crippen molar-refractivity contribution in [3.63, 3.8) is 0 Å². The van der Waals surface area contributed by atoms with Crippen molar-refractivity contribution in [2.24, 2.45) is 5.92 Å². The summed E-state index contributed by atoms with van der Waals surface area (Å²) in [7, 11) is 0. The van der Waals surface area contributed by atoms with Crippen molar-refractivity contribution in [2.75, 3.05) is 6.61 Å². The Labute approximate surface area is 171 Å². The molecule has 0 radical (unpaired) electrons. The van der Waals surface area contributed by atoms with E-state index in [9.17, 15) is 23.8 Å². The van der Waals surface area contributed by atoms with Gasteiger partial charge in [0, 0.05) is 17.7 Å². The summed E-state index contributed by atoms with van der Waals surface area (Å²) in [5.74, 6) is -2.62. The number of fused-ring (bicyclic) bond motifs is 1. The van der Waals surface area contributed by atoms with Crippen LogP contribution in [0.5, 0.6) is 17.2 Å². The van der Waals surface area contributed by atoms with Crippen LogP contribution in [0, 0.1) is 17.6 Å². The number of rotatable bonds is 5. The fourth-order valence-corrected chi connectivity index (χ4v) is 4.03. The molecule has 1 fully saturated rings. The van der Waals surface area contributed by atoms with E-state index in [-0.39, 0.29) is 40.4 Å². The predicted molar refractivity (Wildman–Crippen MR) is 108 cm³/mol. The monoisotopic (exact) mass is 416 g/mol. The van der Waals surface area contributed by atoms with E-state index in [1.165, 1.54) is 31.4 Å². The van der Waals surface area contributed by atoms with Gasteiger partial charge in [-0.25, -0.2) is 8.78 Å². The van der Waals surface area contributed by atoms with Gasteiger partial charge in [0.05, 0.1) is 6.61 Å². The molecule has 1 aliphatic rings. The molecule has 0 spiro atoms. The Balaban J connectivity index is 1.77. The smallest absolute Gasteiger partial charge is 0.239 e. The number of ether oxygens (including phenoxy) is 1. The predicted octanol–water partition coefficient (Wildman–Crippen LogP) is 5.50. The first-order valence-electron chi connectivity index (χ1n) is 10.0. The van der Waals surface area contributed by atoms with E-state index >= 15 is 0 Å². The van der Waals surface area contributed by atoms with Gasteiger partial charge in [0.25, 0.3) is 0 Å². The van der Waals surface area contributed by atoms with E-state index in [2.05, 4.69) is 0 Å². The fourth-order valence-electron chi connectivity index (χ4n) is 4.03. The summed E-state index contributed by atoms with van der Waals surface area (Å²) in [4.78, 5) is 13.1. The topological polar surface area (TPSA) is 79.9 Å². The normalized spacial score (nSPS) is 14.9. The summed E-state index contributed by atoms with van der Waals surface area (Å²) in [5, 5.41) is 19.7. The lowest BCUT2D eigenvalue weighted by Gasteiger charge is -2.21. The average molecular weight is 416 g/mol. The third-order valence-corrected chi connectivity index (χ3v) is 5.60. The zero-order chi connectivity index (χ0) is 21.3. The summed E-state index contributed by atoms with van der Waals surface area (Å²) in [5.41, 5.74) is -0.614. The molecule has 1 aliphatic carbocycles. The first-order valence-corrected chi connectivity index (χ1v) is 10.0. The van der Waals surface area contributed by atoms with Crippen LogP contribution in [0.3, 0.4) is 0 Å². The third kappa shape index (κ3) is 3.97. The average Bonchev–Trinajstić information content (AvgIpc) is 2.71. The lowest BCUT2D eigenvalue weighted by molar-refractivity contribution is 0.242. The second-order valence-corrected chi connectivity index (χ2v) is 7.70. The van der Waals surface area contributed by atoms with Gasteiger partial charge in [-0.1, -0.05) is 32.1 Å². The lowest BCUT2D eigenvalue weighted by atomic mass is 9.87. The maximum Gasteiger partial charge on any atom is 0.239 e. The second kappa shape index (κ2) is 8.34. The Morgan fingerprint density at radius 1 is 1.03 bits per heavy atom. The van der Waals surface area contributed by atoms with Crippen LogP contribution in [0.15, 0.2) is 39.5 Å². The molecule has 0 atom stereocenters. The van der Waals surface area contributed by atoms with Crippen LogP contribution in [-0.2, 0) is 0 Å². The van der Waals surface area contributed by atoms with Crippen LogP contribution in [0.2, 0.25) is 0 Å². The van der Waals surface area contributed by atoms with E-state index in [0.29, 0.717) is 5.92 Å². The zero-order valence-electron chi connectivity index (χ0n) is 16.3. The van der Waals surface area contributed by atoms with Gasteiger partial charge in [0.1, 0.15) is 22.5 Å². The first-order chi connectivity index (χ1) is 14.4. The summed E-state index contributed by atoms with van der Waals surface area (Å²) < 4.78 is 38.7. The quantitative estimate of drug-likeness (QED) is 0.574. The number of aromatic hydroxyl groups is 2. The van der Waals surface area contributed by atoms with Gasteiger partial charge in [-0.3, -0.25) is 4.79 Å². The molecule has 0 amide bonds.